The molecule has 1 atom stereocenters. The maximum absolute atomic E-state index is 10.9. The molecular weight excluding hydrogens is 433 g/mol. The Bertz CT molecular complexity index is 1310. The van der Waals surface area contributed by atoms with Crippen molar-refractivity contribution in [3.63, 3.8) is 0 Å². The van der Waals surface area contributed by atoms with Gasteiger partial charge in [-0.15, -0.1) is 0 Å². The number of fused-ring (bicyclic) bond motifs is 1. The maximum Gasteiger partial charge on any atom is 0.203 e. The van der Waals surface area contributed by atoms with Gasteiger partial charge < -0.3 is 19.0 Å². The SMILES string of the molecule is COc1ccc2c(c1)n(Cc1ccccc1C)c(=N)n2C[C@H](O)c1ccc(Cl)c(Cl)c1. The Kier molecular flexibility index (Phi) is 6.10. The lowest BCUT2D eigenvalue weighted by Gasteiger charge is -2.14. The van der Waals surface area contributed by atoms with E-state index in [1.165, 1.54) is 0 Å². The first-order chi connectivity index (χ1) is 14.9. The molecule has 0 fully saturated rings. The lowest BCUT2D eigenvalue weighted by Crippen LogP contribution is -2.27. The van der Waals surface area contributed by atoms with E-state index in [-0.39, 0.29) is 6.54 Å². The van der Waals surface area contributed by atoms with Gasteiger partial charge in [0.25, 0.3) is 0 Å². The summed E-state index contributed by atoms with van der Waals surface area (Å²) in [5, 5.41) is 20.6. The van der Waals surface area contributed by atoms with E-state index < -0.39 is 6.10 Å². The average molecular weight is 456 g/mol. The van der Waals surface area contributed by atoms with E-state index >= 15 is 0 Å². The molecule has 160 valence electrons. The molecule has 1 heterocycles. The standard InChI is InChI=1S/C24H23Cl2N3O2/c1-15-5-3-4-6-17(15)13-28-22-12-18(31-2)8-10-21(22)29(24(28)27)14-23(30)16-7-9-19(25)20(26)11-16/h3-12,23,27,30H,13-14H2,1-2H3/t23-/m0/s1. The molecule has 0 saturated carbocycles. The van der Waals surface area contributed by atoms with Crippen molar-refractivity contribution >= 4 is 34.2 Å². The van der Waals surface area contributed by atoms with Crippen LogP contribution in [-0.2, 0) is 13.1 Å². The van der Waals surface area contributed by atoms with Crippen molar-refractivity contribution in [3.05, 3.63) is 93.0 Å². The van der Waals surface area contributed by atoms with Gasteiger partial charge >= 0.3 is 0 Å². The fourth-order valence-corrected chi connectivity index (χ4v) is 4.06. The third kappa shape index (κ3) is 4.22. The van der Waals surface area contributed by atoms with Gasteiger partial charge in [-0.2, -0.15) is 0 Å². The molecule has 0 unspecified atom stereocenters. The monoisotopic (exact) mass is 455 g/mol. The quantitative estimate of drug-likeness (QED) is 0.412. The van der Waals surface area contributed by atoms with Gasteiger partial charge in [0.05, 0.1) is 47.4 Å². The number of rotatable bonds is 6. The minimum atomic E-state index is -0.844. The molecule has 0 aliphatic carbocycles. The number of hydrogen-bond donors (Lipinski definition) is 2. The van der Waals surface area contributed by atoms with Crippen molar-refractivity contribution in [2.24, 2.45) is 0 Å². The van der Waals surface area contributed by atoms with Crippen LogP contribution in [0.3, 0.4) is 0 Å². The van der Waals surface area contributed by atoms with Crippen LogP contribution in [0, 0.1) is 12.3 Å². The minimum absolute atomic E-state index is 0.209. The average Bonchev–Trinajstić information content (AvgIpc) is 3.02. The number of ether oxygens (including phenoxy) is 1. The first-order valence-electron chi connectivity index (χ1n) is 9.88. The lowest BCUT2D eigenvalue weighted by atomic mass is 10.1. The van der Waals surface area contributed by atoms with Crippen LogP contribution < -0.4 is 10.4 Å². The smallest absolute Gasteiger partial charge is 0.203 e. The van der Waals surface area contributed by atoms with Gasteiger partial charge in [-0.3, -0.25) is 5.41 Å². The minimum Gasteiger partial charge on any atom is -0.497 e. The number of aliphatic hydroxyl groups is 1. The van der Waals surface area contributed by atoms with Crippen molar-refractivity contribution < 1.29 is 9.84 Å². The van der Waals surface area contributed by atoms with E-state index in [1.807, 2.05) is 34.9 Å². The molecule has 5 nitrogen and oxygen atoms in total. The summed E-state index contributed by atoms with van der Waals surface area (Å²) in [5.41, 5.74) is 4.95. The fourth-order valence-electron chi connectivity index (χ4n) is 3.75. The van der Waals surface area contributed by atoms with Crippen molar-refractivity contribution in [2.75, 3.05) is 7.11 Å². The van der Waals surface area contributed by atoms with Crippen LogP contribution in [0.25, 0.3) is 11.0 Å². The molecule has 3 aromatic carbocycles. The van der Waals surface area contributed by atoms with E-state index in [0.29, 0.717) is 33.5 Å². The molecule has 0 spiro atoms. The molecule has 0 amide bonds. The van der Waals surface area contributed by atoms with Crippen LogP contribution in [-0.4, -0.2) is 21.4 Å². The number of methoxy groups -OCH3 is 1. The number of halogens is 2. The van der Waals surface area contributed by atoms with Gasteiger partial charge in [-0.1, -0.05) is 53.5 Å². The topological polar surface area (TPSA) is 63.2 Å². The molecule has 31 heavy (non-hydrogen) atoms. The highest BCUT2D eigenvalue weighted by atomic mass is 35.5. The van der Waals surface area contributed by atoms with Gasteiger partial charge in [-0.25, -0.2) is 0 Å². The van der Waals surface area contributed by atoms with Crippen molar-refractivity contribution in [2.45, 2.75) is 26.1 Å². The number of hydrogen-bond acceptors (Lipinski definition) is 3. The van der Waals surface area contributed by atoms with E-state index in [1.54, 1.807) is 29.9 Å². The first kappa shape index (κ1) is 21.5. The predicted molar refractivity (Wildman–Crippen MR) is 124 cm³/mol. The summed E-state index contributed by atoms with van der Waals surface area (Å²) < 4.78 is 9.15. The molecule has 0 aliphatic rings. The number of benzene rings is 3. The van der Waals surface area contributed by atoms with Gasteiger partial charge in [0, 0.05) is 6.07 Å². The first-order valence-corrected chi connectivity index (χ1v) is 10.6. The van der Waals surface area contributed by atoms with E-state index in [4.69, 9.17) is 33.3 Å². The van der Waals surface area contributed by atoms with Crippen molar-refractivity contribution in [1.82, 2.24) is 9.13 Å². The summed E-state index contributed by atoms with van der Waals surface area (Å²) in [5.74, 6) is 0.716. The van der Waals surface area contributed by atoms with Gasteiger partial charge in [0.1, 0.15) is 5.75 Å². The summed E-state index contributed by atoms with van der Waals surface area (Å²) in [6, 6.07) is 18.9. The van der Waals surface area contributed by atoms with Crippen LogP contribution in [0.2, 0.25) is 10.0 Å². The molecule has 0 bridgehead atoms. The summed E-state index contributed by atoms with van der Waals surface area (Å²) in [4.78, 5) is 0. The largest absolute Gasteiger partial charge is 0.497 e. The summed E-state index contributed by atoms with van der Waals surface area (Å²) in [7, 11) is 1.62. The van der Waals surface area contributed by atoms with Crippen LogP contribution in [0.15, 0.2) is 60.7 Å². The zero-order chi connectivity index (χ0) is 22.1. The van der Waals surface area contributed by atoms with Crippen molar-refractivity contribution in [3.8, 4) is 5.75 Å². The number of aliphatic hydroxyl groups excluding tert-OH is 1. The summed E-state index contributed by atoms with van der Waals surface area (Å²) in [6.45, 7) is 2.82. The van der Waals surface area contributed by atoms with E-state index in [0.717, 1.165) is 22.2 Å². The normalized spacial score (nSPS) is 12.3. The van der Waals surface area contributed by atoms with Gasteiger partial charge in [-0.05, 0) is 47.9 Å². The highest BCUT2D eigenvalue weighted by Gasteiger charge is 2.17. The Hall–Kier alpha value is -2.73. The number of nitrogens with one attached hydrogen (secondary N) is 1. The third-order valence-corrected chi connectivity index (χ3v) is 6.29. The molecule has 0 radical (unpaired) electrons. The molecular formula is C24H23Cl2N3O2. The zero-order valence-corrected chi connectivity index (χ0v) is 18.8. The molecule has 4 aromatic rings. The second kappa shape index (κ2) is 8.79. The Morgan fingerprint density at radius 2 is 1.74 bits per heavy atom. The number of aromatic nitrogens is 2. The molecule has 4 rings (SSSR count). The summed E-state index contributed by atoms with van der Waals surface area (Å²) in [6.07, 6.45) is -0.844. The Morgan fingerprint density at radius 1 is 0.968 bits per heavy atom. The maximum atomic E-state index is 10.9. The molecule has 0 aliphatic heterocycles. The number of nitrogens with zero attached hydrogens (tertiary/aromatic N) is 2. The van der Waals surface area contributed by atoms with Crippen LogP contribution in [0.1, 0.15) is 22.8 Å². The third-order valence-electron chi connectivity index (χ3n) is 5.55. The van der Waals surface area contributed by atoms with Crippen LogP contribution >= 0.6 is 23.2 Å². The van der Waals surface area contributed by atoms with E-state index in [9.17, 15) is 5.11 Å². The lowest BCUT2D eigenvalue weighted by molar-refractivity contribution is 0.156. The van der Waals surface area contributed by atoms with Crippen molar-refractivity contribution in [1.29, 1.82) is 5.41 Å². The van der Waals surface area contributed by atoms with Gasteiger partial charge in [0.15, 0.2) is 0 Å². The molecule has 1 aromatic heterocycles. The second-order valence-corrected chi connectivity index (χ2v) is 8.31. The second-order valence-electron chi connectivity index (χ2n) is 7.49. The Morgan fingerprint density at radius 3 is 2.45 bits per heavy atom. The van der Waals surface area contributed by atoms with Crippen LogP contribution in [0.4, 0.5) is 0 Å². The van der Waals surface area contributed by atoms with Gasteiger partial charge in [0.2, 0.25) is 5.62 Å². The zero-order valence-electron chi connectivity index (χ0n) is 17.3. The molecule has 0 saturated heterocycles. The molecule has 7 heteroatoms. The Labute approximate surface area is 190 Å². The number of aryl methyl sites for hydroxylation is 1. The van der Waals surface area contributed by atoms with E-state index in [2.05, 4.69) is 19.1 Å². The number of imidazole rings is 1. The predicted octanol–water partition coefficient (Wildman–Crippen LogP) is 5.33. The summed E-state index contributed by atoms with van der Waals surface area (Å²) >= 11 is 12.1. The molecule has 2 N–H and O–H groups in total. The highest BCUT2D eigenvalue weighted by Crippen LogP contribution is 2.28. The highest BCUT2D eigenvalue weighted by molar-refractivity contribution is 6.42. The van der Waals surface area contributed by atoms with Crippen LogP contribution in [0.5, 0.6) is 5.75 Å². The fraction of sp³-hybridized carbons (Fsp3) is 0.208. The Balaban J connectivity index is 1.80.